The number of anilines is 1. The predicted octanol–water partition coefficient (Wildman–Crippen LogP) is 1.86. The molecular formula is C19H29ClN4O4S. The molecule has 1 atom stereocenters. The molecule has 8 nitrogen and oxygen atoms in total. The minimum atomic E-state index is -3.72. The van der Waals surface area contributed by atoms with Crippen molar-refractivity contribution < 1.29 is 18.0 Å². The van der Waals surface area contributed by atoms with Crippen LogP contribution in [-0.4, -0.2) is 80.7 Å². The maximum atomic E-state index is 12.7. The molecule has 0 bridgehead atoms. The smallest absolute Gasteiger partial charge is 0.244 e. The van der Waals surface area contributed by atoms with E-state index in [9.17, 15) is 18.0 Å². The fourth-order valence-corrected chi connectivity index (χ4v) is 4.70. The van der Waals surface area contributed by atoms with Gasteiger partial charge in [0.15, 0.2) is 0 Å². The highest BCUT2D eigenvalue weighted by Gasteiger charge is 2.29. The van der Waals surface area contributed by atoms with Crippen molar-refractivity contribution in [2.75, 3.05) is 39.5 Å². The first-order valence-electron chi connectivity index (χ1n) is 9.45. The van der Waals surface area contributed by atoms with Crippen LogP contribution in [0.3, 0.4) is 0 Å². The Morgan fingerprint density at radius 1 is 1.21 bits per heavy atom. The molecule has 1 aromatic rings. The highest BCUT2D eigenvalue weighted by molar-refractivity contribution is 7.89. The molecule has 2 rings (SSSR count). The number of carbonyl (C=O) groups excluding carboxylic acids is 2. The zero-order chi connectivity index (χ0) is 21.9. The molecule has 0 spiro atoms. The van der Waals surface area contributed by atoms with Crippen LogP contribution in [0.15, 0.2) is 23.1 Å². The number of hydrogen-bond acceptors (Lipinski definition) is 5. The fourth-order valence-electron chi connectivity index (χ4n) is 3.31. The van der Waals surface area contributed by atoms with E-state index < -0.39 is 10.0 Å². The van der Waals surface area contributed by atoms with Gasteiger partial charge in [0.1, 0.15) is 4.90 Å². The SMILES string of the molecule is CC(=O)N(C)C1CCN(C(C)C(=O)Nc2ccc(Cl)c(S(=O)(=O)N(C)C)c2)CC1. The lowest BCUT2D eigenvalue weighted by molar-refractivity contribution is -0.131. The van der Waals surface area contributed by atoms with Gasteiger partial charge in [-0.25, -0.2) is 12.7 Å². The predicted molar refractivity (Wildman–Crippen MR) is 113 cm³/mol. The third kappa shape index (κ3) is 5.48. The molecule has 0 aliphatic carbocycles. The van der Waals surface area contributed by atoms with E-state index in [0.29, 0.717) is 18.8 Å². The van der Waals surface area contributed by atoms with E-state index in [2.05, 4.69) is 10.2 Å². The number of nitrogens with zero attached hydrogens (tertiary/aromatic N) is 3. The molecule has 1 aliphatic rings. The molecule has 1 N–H and O–H groups in total. The number of nitrogens with one attached hydrogen (secondary N) is 1. The number of amides is 2. The molecule has 1 heterocycles. The Hall–Kier alpha value is -1.68. The van der Waals surface area contributed by atoms with E-state index in [1.807, 2.05) is 6.92 Å². The third-order valence-electron chi connectivity index (χ3n) is 5.43. The molecule has 0 saturated carbocycles. The standard InChI is InChI=1S/C19H29ClN4O4S/c1-13(24-10-8-16(9-11-24)23(5)14(2)25)19(26)21-15-6-7-17(20)18(12-15)29(27,28)22(3)4/h6-7,12-13,16H,8-11H2,1-5H3,(H,21,26). The summed E-state index contributed by atoms with van der Waals surface area (Å²) in [4.78, 5) is 28.0. The molecule has 1 aliphatic heterocycles. The second kappa shape index (κ2) is 9.42. The Morgan fingerprint density at radius 2 is 1.79 bits per heavy atom. The van der Waals surface area contributed by atoms with Gasteiger partial charge in [-0.15, -0.1) is 0 Å². The Bertz CT molecular complexity index is 867. The summed E-state index contributed by atoms with van der Waals surface area (Å²) in [5, 5.41) is 2.88. The van der Waals surface area contributed by atoms with Gasteiger partial charge in [0, 0.05) is 52.9 Å². The number of hydrogen-bond donors (Lipinski definition) is 1. The van der Waals surface area contributed by atoms with Gasteiger partial charge in [0.05, 0.1) is 11.1 Å². The Labute approximate surface area is 177 Å². The lowest BCUT2D eigenvalue weighted by Crippen LogP contribution is -2.50. The van der Waals surface area contributed by atoms with Crippen LogP contribution in [0.1, 0.15) is 26.7 Å². The molecule has 0 aromatic heterocycles. The molecule has 0 radical (unpaired) electrons. The monoisotopic (exact) mass is 444 g/mol. The number of piperidine rings is 1. The van der Waals surface area contributed by atoms with E-state index in [-0.39, 0.29) is 33.8 Å². The Balaban J connectivity index is 2.05. The zero-order valence-corrected chi connectivity index (χ0v) is 19.0. The van der Waals surface area contributed by atoms with Gasteiger partial charge in [0.2, 0.25) is 21.8 Å². The van der Waals surface area contributed by atoms with E-state index in [1.54, 1.807) is 24.9 Å². The van der Waals surface area contributed by atoms with Crippen molar-refractivity contribution in [1.29, 1.82) is 0 Å². The van der Waals surface area contributed by atoms with Crippen LogP contribution in [0, 0.1) is 0 Å². The van der Waals surface area contributed by atoms with Crippen molar-refractivity contribution in [1.82, 2.24) is 14.1 Å². The molecule has 162 valence electrons. The van der Waals surface area contributed by atoms with E-state index in [0.717, 1.165) is 17.1 Å². The maximum Gasteiger partial charge on any atom is 0.244 e. The van der Waals surface area contributed by atoms with Crippen LogP contribution >= 0.6 is 11.6 Å². The molecule has 1 saturated heterocycles. The summed E-state index contributed by atoms with van der Waals surface area (Å²) >= 11 is 6.05. The normalized spacial score (nSPS) is 17.2. The second-order valence-corrected chi connectivity index (χ2v) is 10.0. The summed E-state index contributed by atoms with van der Waals surface area (Å²) in [5.41, 5.74) is 0.373. The average Bonchev–Trinajstić information content (AvgIpc) is 2.67. The van der Waals surface area contributed by atoms with Gasteiger partial charge in [-0.05, 0) is 38.0 Å². The second-order valence-electron chi connectivity index (χ2n) is 7.49. The van der Waals surface area contributed by atoms with Crippen LogP contribution in [0.25, 0.3) is 0 Å². The van der Waals surface area contributed by atoms with Crippen LogP contribution in [0.5, 0.6) is 0 Å². The molecular weight excluding hydrogens is 416 g/mol. The minimum Gasteiger partial charge on any atom is -0.343 e. The van der Waals surface area contributed by atoms with E-state index in [4.69, 9.17) is 11.6 Å². The van der Waals surface area contributed by atoms with Crippen LogP contribution < -0.4 is 5.32 Å². The zero-order valence-electron chi connectivity index (χ0n) is 17.5. The topological polar surface area (TPSA) is 90.0 Å². The van der Waals surface area contributed by atoms with Crippen LogP contribution in [0.4, 0.5) is 5.69 Å². The molecule has 1 aromatic carbocycles. The number of sulfonamides is 1. The quantitative estimate of drug-likeness (QED) is 0.723. The van der Waals surface area contributed by atoms with Gasteiger partial charge in [-0.1, -0.05) is 11.6 Å². The van der Waals surface area contributed by atoms with Crippen molar-refractivity contribution in [3.05, 3.63) is 23.2 Å². The lowest BCUT2D eigenvalue weighted by Gasteiger charge is -2.38. The maximum absolute atomic E-state index is 12.7. The van der Waals surface area contributed by atoms with Crippen molar-refractivity contribution in [2.45, 2.75) is 43.7 Å². The van der Waals surface area contributed by atoms with Crippen LogP contribution in [0.2, 0.25) is 5.02 Å². The van der Waals surface area contributed by atoms with Gasteiger partial charge in [-0.3, -0.25) is 14.5 Å². The first kappa shape index (κ1) is 23.6. The van der Waals surface area contributed by atoms with E-state index >= 15 is 0 Å². The summed E-state index contributed by atoms with van der Waals surface area (Å²) < 4.78 is 25.9. The Kier molecular flexibility index (Phi) is 7.67. The van der Waals surface area contributed by atoms with Crippen molar-refractivity contribution >= 4 is 39.1 Å². The minimum absolute atomic E-state index is 0.0421. The first-order chi connectivity index (χ1) is 13.4. The van der Waals surface area contributed by atoms with Gasteiger partial charge >= 0.3 is 0 Å². The van der Waals surface area contributed by atoms with Gasteiger partial charge in [-0.2, -0.15) is 0 Å². The van der Waals surface area contributed by atoms with Crippen molar-refractivity contribution in [3.8, 4) is 0 Å². The Morgan fingerprint density at radius 3 is 2.31 bits per heavy atom. The fraction of sp³-hybridized carbons (Fsp3) is 0.579. The number of carbonyl (C=O) groups is 2. The highest BCUT2D eigenvalue weighted by atomic mass is 35.5. The third-order valence-corrected chi connectivity index (χ3v) is 7.72. The number of likely N-dealkylation sites (tertiary alicyclic amines) is 1. The van der Waals surface area contributed by atoms with Gasteiger partial charge < -0.3 is 10.2 Å². The highest BCUT2D eigenvalue weighted by Crippen LogP contribution is 2.27. The van der Waals surface area contributed by atoms with Crippen molar-refractivity contribution in [2.24, 2.45) is 0 Å². The van der Waals surface area contributed by atoms with Crippen molar-refractivity contribution in [3.63, 3.8) is 0 Å². The summed E-state index contributed by atoms with van der Waals surface area (Å²) in [6, 6.07) is 4.21. The molecule has 1 unspecified atom stereocenters. The van der Waals surface area contributed by atoms with Gasteiger partial charge in [0.25, 0.3) is 0 Å². The number of rotatable bonds is 6. The summed E-state index contributed by atoms with van der Waals surface area (Å²) in [7, 11) is 0.929. The number of benzene rings is 1. The molecule has 1 fully saturated rings. The van der Waals surface area contributed by atoms with Crippen LogP contribution in [-0.2, 0) is 19.6 Å². The molecule has 10 heteroatoms. The lowest BCUT2D eigenvalue weighted by atomic mass is 10.0. The largest absolute Gasteiger partial charge is 0.343 e. The summed E-state index contributed by atoms with van der Waals surface area (Å²) in [6.45, 7) is 4.78. The first-order valence-corrected chi connectivity index (χ1v) is 11.3. The molecule has 29 heavy (non-hydrogen) atoms. The summed E-state index contributed by atoms with van der Waals surface area (Å²) in [5.74, 6) is -0.181. The average molecular weight is 445 g/mol. The number of halogens is 1. The van der Waals surface area contributed by atoms with E-state index in [1.165, 1.54) is 26.2 Å². The summed E-state index contributed by atoms with van der Waals surface area (Å²) in [6.07, 6.45) is 1.61. The molecule has 2 amide bonds.